The Morgan fingerprint density at radius 1 is 1.12 bits per heavy atom. The number of benzene rings is 2. The van der Waals surface area contributed by atoms with Crippen molar-refractivity contribution in [1.82, 2.24) is 15.8 Å². The second kappa shape index (κ2) is 10.0. The van der Waals surface area contributed by atoms with Crippen LogP contribution in [0.15, 0.2) is 53.0 Å². The number of hydrazine groups is 1. The Kier molecular flexibility index (Phi) is 7.37. The van der Waals surface area contributed by atoms with Crippen molar-refractivity contribution in [3.8, 4) is 5.75 Å². The summed E-state index contributed by atoms with van der Waals surface area (Å²) in [6, 6.07) is 12.8. The van der Waals surface area contributed by atoms with Gasteiger partial charge in [0.2, 0.25) is 0 Å². The monoisotopic (exact) mass is 504 g/mol. The van der Waals surface area contributed by atoms with Crippen LogP contribution in [0.25, 0.3) is 0 Å². The maximum Gasteiger partial charge on any atom is 0.344 e. The zero-order valence-electron chi connectivity index (χ0n) is 18.0. The first-order valence-corrected chi connectivity index (χ1v) is 10.7. The number of nitrogens with zero attached hydrogens (tertiary/aromatic N) is 1. The van der Waals surface area contributed by atoms with E-state index in [9.17, 15) is 14.4 Å². The van der Waals surface area contributed by atoms with Gasteiger partial charge in [-0.25, -0.2) is 15.0 Å². The van der Waals surface area contributed by atoms with Gasteiger partial charge < -0.3 is 20.1 Å². The quantitative estimate of drug-likeness (QED) is 0.475. The van der Waals surface area contributed by atoms with Gasteiger partial charge in [-0.2, -0.15) is 5.01 Å². The average Bonchev–Trinajstić information content (AvgIpc) is 3.01. The van der Waals surface area contributed by atoms with E-state index in [1.165, 1.54) is 0 Å². The van der Waals surface area contributed by atoms with Crippen molar-refractivity contribution < 1.29 is 23.9 Å². The predicted octanol–water partition coefficient (Wildman–Crippen LogP) is 3.66. The molecule has 0 radical (unpaired) electrons. The molecule has 9 nitrogen and oxygen atoms in total. The third kappa shape index (κ3) is 5.20. The topological polar surface area (TPSA) is 109 Å². The molecule has 170 valence electrons. The fourth-order valence-electron chi connectivity index (χ4n) is 3.19. The number of amides is 5. The predicted molar refractivity (Wildman–Crippen MR) is 122 cm³/mol. The van der Waals surface area contributed by atoms with Crippen LogP contribution in [0.2, 0.25) is 0 Å². The van der Waals surface area contributed by atoms with Crippen LogP contribution >= 0.6 is 15.9 Å². The summed E-state index contributed by atoms with van der Waals surface area (Å²) in [5.41, 5.74) is 2.42. The van der Waals surface area contributed by atoms with E-state index in [4.69, 9.17) is 9.47 Å². The van der Waals surface area contributed by atoms with Crippen LogP contribution in [0.1, 0.15) is 19.4 Å². The van der Waals surface area contributed by atoms with Gasteiger partial charge in [0.15, 0.2) is 0 Å². The number of hydrogen-bond donors (Lipinski definition) is 3. The van der Waals surface area contributed by atoms with Crippen LogP contribution in [0.3, 0.4) is 0 Å². The molecule has 1 aliphatic heterocycles. The van der Waals surface area contributed by atoms with Crippen LogP contribution in [-0.2, 0) is 16.1 Å². The number of anilines is 1. The van der Waals surface area contributed by atoms with Crippen LogP contribution < -0.4 is 20.8 Å². The number of hydrogen-bond acceptors (Lipinski definition) is 5. The lowest BCUT2D eigenvalue weighted by molar-refractivity contribution is -0.137. The Morgan fingerprint density at radius 3 is 2.38 bits per heavy atom. The number of rotatable bonds is 8. The summed E-state index contributed by atoms with van der Waals surface area (Å²) in [7, 11) is 1.59. The first kappa shape index (κ1) is 23.6. The van der Waals surface area contributed by atoms with Gasteiger partial charge in [0.1, 0.15) is 11.3 Å². The minimum absolute atomic E-state index is 0.0478. The highest BCUT2D eigenvalue weighted by Gasteiger charge is 2.54. The maximum atomic E-state index is 13.1. The lowest BCUT2D eigenvalue weighted by Crippen LogP contribution is -2.56. The Balaban J connectivity index is 1.63. The fourth-order valence-corrected chi connectivity index (χ4v) is 3.46. The standard InChI is InChI=1S/C22H25BrN4O5/c1-14(2)22(13-32-12-15-4-10-18(31-3)11-5-15)19(28)27(21(30)25-22)26-20(29)24-17-8-6-16(23)7-9-17/h4-11,14H,12-13H2,1-3H3,(H,25,30)(H2,24,26,29). The molecule has 1 fully saturated rings. The summed E-state index contributed by atoms with van der Waals surface area (Å²) >= 11 is 3.31. The molecular formula is C22H25BrN4O5. The third-order valence-corrected chi connectivity index (χ3v) is 5.71. The largest absolute Gasteiger partial charge is 0.497 e. The molecule has 1 atom stereocenters. The number of nitrogens with one attached hydrogen (secondary N) is 3. The smallest absolute Gasteiger partial charge is 0.344 e. The number of halogens is 1. The molecule has 3 N–H and O–H groups in total. The summed E-state index contributed by atoms with van der Waals surface area (Å²) in [6.07, 6.45) is 0. The van der Waals surface area contributed by atoms with E-state index in [1.807, 2.05) is 24.3 Å². The second-order valence-electron chi connectivity index (χ2n) is 7.61. The minimum atomic E-state index is -1.30. The van der Waals surface area contributed by atoms with Crippen molar-refractivity contribution in [2.75, 3.05) is 19.0 Å². The van der Waals surface area contributed by atoms with E-state index in [2.05, 4.69) is 32.0 Å². The molecule has 0 spiro atoms. The molecule has 1 heterocycles. The Hall–Kier alpha value is -3.11. The van der Waals surface area contributed by atoms with Gasteiger partial charge in [0, 0.05) is 10.2 Å². The number of imide groups is 1. The molecule has 10 heteroatoms. The number of carbonyl (C=O) groups is 3. The Morgan fingerprint density at radius 2 is 1.78 bits per heavy atom. The highest BCUT2D eigenvalue weighted by Crippen LogP contribution is 2.26. The van der Waals surface area contributed by atoms with Crippen LogP contribution in [0, 0.1) is 5.92 Å². The Labute approximate surface area is 194 Å². The van der Waals surface area contributed by atoms with Gasteiger partial charge in [-0.1, -0.05) is 41.9 Å². The van der Waals surface area contributed by atoms with Gasteiger partial charge in [0.25, 0.3) is 5.91 Å². The van der Waals surface area contributed by atoms with Gasteiger partial charge in [-0.3, -0.25) is 4.79 Å². The van der Waals surface area contributed by atoms with Crippen molar-refractivity contribution in [3.05, 3.63) is 58.6 Å². The van der Waals surface area contributed by atoms with Crippen molar-refractivity contribution in [2.45, 2.75) is 26.0 Å². The van der Waals surface area contributed by atoms with Gasteiger partial charge in [-0.15, -0.1) is 0 Å². The van der Waals surface area contributed by atoms with E-state index in [0.29, 0.717) is 10.7 Å². The molecular weight excluding hydrogens is 480 g/mol. The molecule has 2 aromatic rings. The molecule has 0 aliphatic carbocycles. The summed E-state index contributed by atoms with van der Waals surface area (Å²) in [5, 5.41) is 5.96. The molecule has 1 aliphatic rings. The first-order valence-electron chi connectivity index (χ1n) is 9.96. The lowest BCUT2D eigenvalue weighted by Gasteiger charge is -2.30. The van der Waals surface area contributed by atoms with Crippen LogP contribution in [0.4, 0.5) is 15.3 Å². The van der Waals surface area contributed by atoms with Crippen molar-refractivity contribution >= 4 is 39.6 Å². The van der Waals surface area contributed by atoms with Crippen LogP contribution in [-0.4, -0.2) is 42.2 Å². The number of ether oxygens (including phenoxy) is 2. The van der Waals surface area contributed by atoms with E-state index in [1.54, 1.807) is 45.2 Å². The molecule has 1 unspecified atom stereocenters. The molecule has 1 saturated heterocycles. The molecule has 3 rings (SSSR count). The zero-order valence-corrected chi connectivity index (χ0v) is 19.6. The van der Waals surface area contributed by atoms with Crippen molar-refractivity contribution in [3.63, 3.8) is 0 Å². The van der Waals surface area contributed by atoms with Crippen molar-refractivity contribution in [1.29, 1.82) is 0 Å². The molecule has 32 heavy (non-hydrogen) atoms. The van der Waals surface area contributed by atoms with E-state index in [-0.39, 0.29) is 19.1 Å². The molecule has 0 aromatic heterocycles. The summed E-state index contributed by atoms with van der Waals surface area (Å²) in [5.74, 6) is -0.136. The molecule has 0 saturated carbocycles. The van der Waals surface area contributed by atoms with E-state index in [0.717, 1.165) is 15.8 Å². The second-order valence-corrected chi connectivity index (χ2v) is 8.53. The highest BCUT2D eigenvalue weighted by atomic mass is 79.9. The lowest BCUT2D eigenvalue weighted by atomic mass is 9.87. The average molecular weight is 505 g/mol. The van der Waals surface area contributed by atoms with E-state index >= 15 is 0 Å². The first-order chi connectivity index (χ1) is 15.2. The summed E-state index contributed by atoms with van der Waals surface area (Å²) < 4.78 is 11.8. The van der Waals surface area contributed by atoms with Gasteiger partial charge in [0.05, 0.1) is 20.3 Å². The number of methoxy groups -OCH3 is 1. The molecule has 0 bridgehead atoms. The SMILES string of the molecule is COc1ccc(COCC2(C(C)C)NC(=O)N(NC(=O)Nc3ccc(Br)cc3)C2=O)cc1. The van der Waals surface area contributed by atoms with E-state index < -0.39 is 23.5 Å². The Bertz CT molecular complexity index is 981. The fraction of sp³-hybridized carbons (Fsp3) is 0.318. The minimum Gasteiger partial charge on any atom is -0.497 e. The summed E-state index contributed by atoms with van der Waals surface area (Å²) in [4.78, 5) is 38.0. The number of carbonyl (C=O) groups excluding carboxylic acids is 3. The van der Waals surface area contributed by atoms with Gasteiger partial charge in [-0.05, 0) is 47.9 Å². The van der Waals surface area contributed by atoms with Crippen molar-refractivity contribution in [2.24, 2.45) is 5.92 Å². The maximum absolute atomic E-state index is 13.1. The zero-order chi connectivity index (χ0) is 23.3. The highest BCUT2D eigenvalue weighted by molar-refractivity contribution is 9.10. The molecule has 5 amide bonds. The van der Waals surface area contributed by atoms with Crippen LogP contribution in [0.5, 0.6) is 5.75 Å². The number of urea groups is 2. The van der Waals surface area contributed by atoms with Gasteiger partial charge >= 0.3 is 12.1 Å². The summed E-state index contributed by atoms with van der Waals surface area (Å²) in [6.45, 7) is 3.81. The third-order valence-electron chi connectivity index (χ3n) is 5.18. The molecule has 2 aromatic carbocycles. The normalized spacial score (nSPS) is 18.0.